The lowest BCUT2D eigenvalue weighted by Crippen LogP contribution is -2.18. The zero-order chi connectivity index (χ0) is 9.68. The molecule has 0 atom stereocenters. The molecule has 0 bridgehead atoms. The lowest BCUT2D eigenvalue weighted by molar-refractivity contribution is 0.800. The zero-order valence-corrected chi connectivity index (χ0v) is 8.72. The first kappa shape index (κ1) is 10.4. The highest BCUT2D eigenvalue weighted by Gasteiger charge is 2.03. The predicted molar refractivity (Wildman–Crippen MR) is 59.3 cm³/mol. The maximum Gasteiger partial charge on any atom is 0.0639 e. The third-order valence-electron chi connectivity index (χ3n) is 2.01. The molecular formula is C11H15ClN. The Labute approximate surface area is 85.3 Å². The second-order valence-electron chi connectivity index (χ2n) is 3.08. The summed E-state index contributed by atoms with van der Waals surface area (Å²) in [4.78, 5) is 2.16. The van der Waals surface area contributed by atoms with E-state index in [1.807, 2.05) is 24.3 Å². The normalized spacial score (nSPS) is 10.1. The fourth-order valence-corrected chi connectivity index (χ4v) is 1.51. The van der Waals surface area contributed by atoms with Gasteiger partial charge in [0.05, 0.1) is 10.7 Å². The lowest BCUT2D eigenvalue weighted by atomic mass is 10.2. The number of hydrogen-bond donors (Lipinski definition) is 0. The van der Waals surface area contributed by atoms with E-state index in [0.717, 1.165) is 30.1 Å². The van der Waals surface area contributed by atoms with Crippen molar-refractivity contribution in [1.29, 1.82) is 0 Å². The molecule has 0 aliphatic carbocycles. The fourth-order valence-electron chi connectivity index (χ4n) is 1.23. The van der Waals surface area contributed by atoms with Crippen LogP contribution in [0.3, 0.4) is 0 Å². The van der Waals surface area contributed by atoms with Crippen LogP contribution in [0.4, 0.5) is 5.69 Å². The van der Waals surface area contributed by atoms with Gasteiger partial charge in [-0.3, -0.25) is 0 Å². The minimum atomic E-state index is 0.814. The molecule has 0 saturated carbocycles. The Morgan fingerprint density at radius 2 is 2.08 bits per heavy atom. The van der Waals surface area contributed by atoms with E-state index in [4.69, 9.17) is 11.6 Å². The highest BCUT2D eigenvalue weighted by molar-refractivity contribution is 6.33. The maximum atomic E-state index is 6.04. The summed E-state index contributed by atoms with van der Waals surface area (Å²) in [5.41, 5.74) is 1.10. The van der Waals surface area contributed by atoms with Gasteiger partial charge in [-0.25, -0.2) is 0 Å². The van der Waals surface area contributed by atoms with Gasteiger partial charge in [-0.2, -0.15) is 0 Å². The predicted octanol–water partition coefficient (Wildman–Crippen LogP) is 3.39. The standard InChI is InChI=1S/C11H15ClN/c1-3-4-9-13(2)11-8-6-5-7-10(11)12/h5-8H,1,3-4,9H2,2H3. The van der Waals surface area contributed by atoms with Gasteiger partial charge in [-0.05, 0) is 18.6 Å². The molecule has 1 radical (unpaired) electrons. The Kier molecular flexibility index (Phi) is 4.10. The molecule has 0 spiro atoms. The Morgan fingerprint density at radius 1 is 1.38 bits per heavy atom. The Morgan fingerprint density at radius 3 is 2.69 bits per heavy atom. The van der Waals surface area contributed by atoms with Crippen molar-refractivity contribution in [3.63, 3.8) is 0 Å². The van der Waals surface area contributed by atoms with Crippen LogP contribution in [0.5, 0.6) is 0 Å². The molecule has 0 aliphatic rings. The van der Waals surface area contributed by atoms with Crippen LogP contribution in [0.2, 0.25) is 5.02 Å². The van der Waals surface area contributed by atoms with E-state index in [2.05, 4.69) is 18.9 Å². The van der Waals surface area contributed by atoms with Crippen molar-refractivity contribution < 1.29 is 0 Å². The van der Waals surface area contributed by atoms with Gasteiger partial charge in [-0.15, -0.1) is 0 Å². The van der Waals surface area contributed by atoms with Crippen molar-refractivity contribution >= 4 is 17.3 Å². The molecule has 0 aliphatic heterocycles. The van der Waals surface area contributed by atoms with Crippen molar-refractivity contribution in [2.24, 2.45) is 0 Å². The van der Waals surface area contributed by atoms with Crippen LogP contribution in [0.15, 0.2) is 24.3 Å². The number of unbranched alkanes of at least 4 members (excludes halogenated alkanes) is 1. The molecule has 2 heteroatoms. The molecule has 1 rings (SSSR count). The topological polar surface area (TPSA) is 3.24 Å². The van der Waals surface area contributed by atoms with Gasteiger partial charge in [0.2, 0.25) is 0 Å². The SMILES string of the molecule is [CH2]CCCN(C)c1ccccc1Cl. The molecular weight excluding hydrogens is 182 g/mol. The van der Waals surface area contributed by atoms with Gasteiger partial charge in [-0.1, -0.05) is 37.1 Å². The molecule has 0 heterocycles. The molecule has 0 fully saturated rings. The second-order valence-corrected chi connectivity index (χ2v) is 3.49. The lowest BCUT2D eigenvalue weighted by Gasteiger charge is -2.19. The Hall–Kier alpha value is -0.690. The molecule has 0 aromatic heterocycles. The van der Waals surface area contributed by atoms with E-state index in [1.54, 1.807) is 0 Å². The zero-order valence-electron chi connectivity index (χ0n) is 7.96. The summed E-state index contributed by atoms with van der Waals surface area (Å²) in [7, 11) is 2.05. The molecule has 0 N–H and O–H groups in total. The monoisotopic (exact) mass is 196 g/mol. The first-order chi connectivity index (χ1) is 6.25. The third kappa shape index (κ3) is 2.92. The maximum absolute atomic E-state index is 6.04. The number of hydrogen-bond acceptors (Lipinski definition) is 1. The first-order valence-electron chi connectivity index (χ1n) is 4.50. The van der Waals surface area contributed by atoms with Gasteiger partial charge >= 0.3 is 0 Å². The van der Waals surface area contributed by atoms with Gasteiger partial charge in [0.1, 0.15) is 0 Å². The van der Waals surface area contributed by atoms with Crippen LogP contribution in [-0.4, -0.2) is 13.6 Å². The molecule has 1 nitrogen and oxygen atoms in total. The number of rotatable bonds is 4. The molecule has 0 unspecified atom stereocenters. The molecule has 0 saturated heterocycles. The molecule has 1 aromatic carbocycles. The van der Waals surface area contributed by atoms with Gasteiger partial charge < -0.3 is 4.90 Å². The average molecular weight is 197 g/mol. The number of anilines is 1. The van der Waals surface area contributed by atoms with Crippen LogP contribution >= 0.6 is 11.6 Å². The van der Waals surface area contributed by atoms with Crippen LogP contribution in [0.1, 0.15) is 12.8 Å². The van der Waals surface area contributed by atoms with Crippen LogP contribution in [0, 0.1) is 6.92 Å². The molecule has 13 heavy (non-hydrogen) atoms. The first-order valence-corrected chi connectivity index (χ1v) is 4.88. The Bertz CT molecular complexity index is 260. The third-order valence-corrected chi connectivity index (χ3v) is 2.33. The largest absolute Gasteiger partial charge is 0.373 e. The summed E-state index contributed by atoms with van der Waals surface area (Å²) in [6, 6.07) is 7.89. The molecule has 1 aromatic rings. The van der Waals surface area contributed by atoms with Gasteiger partial charge in [0.25, 0.3) is 0 Å². The van der Waals surface area contributed by atoms with Crippen LogP contribution in [0.25, 0.3) is 0 Å². The average Bonchev–Trinajstić information content (AvgIpc) is 2.15. The van der Waals surface area contributed by atoms with E-state index in [0.29, 0.717) is 0 Å². The van der Waals surface area contributed by atoms with E-state index < -0.39 is 0 Å². The van der Waals surface area contributed by atoms with E-state index in [9.17, 15) is 0 Å². The molecule has 0 amide bonds. The fraction of sp³-hybridized carbons (Fsp3) is 0.364. The minimum Gasteiger partial charge on any atom is -0.373 e. The summed E-state index contributed by atoms with van der Waals surface area (Å²) >= 11 is 6.04. The van der Waals surface area contributed by atoms with Crippen molar-refractivity contribution in [3.8, 4) is 0 Å². The van der Waals surface area contributed by atoms with Gasteiger partial charge in [0, 0.05) is 13.6 Å². The smallest absolute Gasteiger partial charge is 0.0639 e. The summed E-state index contributed by atoms with van der Waals surface area (Å²) < 4.78 is 0. The summed E-state index contributed by atoms with van der Waals surface area (Å²) in [5, 5.41) is 0.814. The minimum absolute atomic E-state index is 0.814. The highest BCUT2D eigenvalue weighted by atomic mass is 35.5. The van der Waals surface area contributed by atoms with Crippen molar-refractivity contribution in [1.82, 2.24) is 0 Å². The molecule has 71 valence electrons. The van der Waals surface area contributed by atoms with Crippen LogP contribution in [-0.2, 0) is 0 Å². The number of halogens is 1. The summed E-state index contributed by atoms with van der Waals surface area (Å²) in [5.74, 6) is 0. The van der Waals surface area contributed by atoms with E-state index >= 15 is 0 Å². The summed E-state index contributed by atoms with van der Waals surface area (Å²) in [6.45, 7) is 4.82. The Balaban J connectivity index is 2.65. The van der Waals surface area contributed by atoms with Crippen LogP contribution < -0.4 is 4.90 Å². The second kappa shape index (κ2) is 5.13. The number of nitrogens with zero attached hydrogens (tertiary/aromatic N) is 1. The van der Waals surface area contributed by atoms with Crippen molar-refractivity contribution in [3.05, 3.63) is 36.2 Å². The quantitative estimate of drug-likeness (QED) is 0.714. The van der Waals surface area contributed by atoms with E-state index in [-0.39, 0.29) is 0 Å². The van der Waals surface area contributed by atoms with Crippen molar-refractivity contribution in [2.45, 2.75) is 12.8 Å². The van der Waals surface area contributed by atoms with E-state index in [1.165, 1.54) is 0 Å². The van der Waals surface area contributed by atoms with Crippen molar-refractivity contribution in [2.75, 3.05) is 18.5 Å². The van der Waals surface area contributed by atoms with Gasteiger partial charge in [0.15, 0.2) is 0 Å². The highest BCUT2D eigenvalue weighted by Crippen LogP contribution is 2.23. The number of benzene rings is 1. The number of para-hydroxylation sites is 1. The summed E-state index contributed by atoms with van der Waals surface area (Å²) in [6.07, 6.45) is 2.07.